The third kappa shape index (κ3) is 12.5. The fraction of sp³-hybridized carbons (Fsp3) is 0.418. The summed E-state index contributed by atoms with van der Waals surface area (Å²) in [5.74, 6) is -0.266. The average Bonchev–Trinajstić information content (AvgIpc) is 1.59. The number of carbonyl (C=O) groups excluding carboxylic acids is 2. The lowest BCUT2D eigenvalue weighted by molar-refractivity contribution is -0.122. The van der Waals surface area contributed by atoms with Crippen LogP contribution in [0.5, 0.6) is 0 Å². The van der Waals surface area contributed by atoms with Crippen LogP contribution in [0.15, 0.2) is 154 Å². The van der Waals surface area contributed by atoms with Gasteiger partial charge in [-0.15, -0.1) is 0 Å². The van der Waals surface area contributed by atoms with E-state index < -0.39 is 0 Å². The van der Waals surface area contributed by atoms with Gasteiger partial charge in [-0.1, -0.05) is 274 Å². The number of benzene rings is 6. The normalized spacial score (nSPS) is 15.2. The van der Waals surface area contributed by atoms with Crippen molar-refractivity contribution < 1.29 is 9.59 Å². The van der Waals surface area contributed by atoms with Gasteiger partial charge in [-0.05, 0) is 154 Å². The first-order chi connectivity index (χ1) is 41.7. The maximum Gasteiger partial charge on any atom is 0.265 e. The zero-order valence-corrected chi connectivity index (χ0v) is 54.6. The Morgan fingerprint density at radius 2 is 0.753 bits per heavy atom. The van der Waals surface area contributed by atoms with E-state index in [0.717, 1.165) is 116 Å². The fourth-order valence-electron chi connectivity index (χ4n) is 15.0. The van der Waals surface area contributed by atoms with E-state index >= 15 is 9.59 Å². The van der Waals surface area contributed by atoms with Crippen molar-refractivity contribution in [2.45, 2.75) is 213 Å². The van der Waals surface area contributed by atoms with E-state index in [1.807, 2.05) is 9.80 Å². The summed E-state index contributed by atoms with van der Waals surface area (Å²) in [6, 6.07) is 44.9. The number of unbranched alkanes of at least 4 members (excludes halogenated alkanes) is 20. The number of aryl methyl sites for hydroxylation is 2. The molecule has 4 nitrogen and oxygen atoms in total. The van der Waals surface area contributed by atoms with Crippen LogP contribution in [0.3, 0.4) is 0 Å². The molecule has 0 saturated carbocycles. The summed E-state index contributed by atoms with van der Waals surface area (Å²) >= 11 is 7.88. The largest absolute Gasteiger partial charge is 0.282 e. The molecule has 6 aromatic carbocycles. The van der Waals surface area contributed by atoms with Gasteiger partial charge in [0.2, 0.25) is 0 Å². The predicted molar refractivity (Wildman–Crippen MR) is 365 cm³/mol. The van der Waals surface area contributed by atoms with Crippen molar-refractivity contribution in [3.8, 4) is 22.3 Å². The van der Waals surface area contributed by atoms with Crippen LogP contribution in [0, 0.1) is 0 Å². The molecule has 5 aliphatic rings. The molecule has 4 aliphatic heterocycles. The number of halogens is 2. The summed E-state index contributed by atoms with van der Waals surface area (Å²) in [5, 5.41) is 0. The lowest BCUT2D eigenvalue weighted by Crippen LogP contribution is -2.29. The number of fused-ring (bicyclic) bond motifs is 10. The monoisotopic (exact) mass is 1260 g/mol. The summed E-state index contributed by atoms with van der Waals surface area (Å²) in [6.07, 6.45) is 37.8. The van der Waals surface area contributed by atoms with Gasteiger partial charge >= 0.3 is 0 Å². The summed E-state index contributed by atoms with van der Waals surface area (Å²) in [5.41, 5.74) is 21.0. The van der Waals surface area contributed by atoms with Gasteiger partial charge in [0, 0.05) is 49.0 Å². The van der Waals surface area contributed by atoms with E-state index in [9.17, 15) is 0 Å². The quantitative estimate of drug-likeness (QED) is 0.0407. The minimum Gasteiger partial charge on any atom is -0.282 e. The van der Waals surface area contributed by atoms with Gasteiger partial charge in [0.15, 0.2) is 0 Å². The molecule has 0 radical (unpaired) electrons. The smallest absolute Gasteiger partial charge is 0.265 e. The molecule has 1 aliphatic carbocycles. The van der Waals surface area contributed by atoms with E-state index in [2.05, 4.69) is 193 Å². The van der Waals surface area contributed by atoms with Crippen molar-refractivity contribution in [1.82, 2.24) is 9.80 Å². The highest BCUT2D eigenvalue weighted by Gasteiger charge is 2.52. The Labute approximate surface area is 526 Å². The predicted octanol–water partition coefficient (Wildman–Crippen LogP) is 23.1. The molecule has 0 atom stereocenters. The highest BCUT2D eigenvalue weighted by atomic mass is 79.9. The lowest BCUT2D eigenvalue weighted by Gasteiger charge is -2.35. The van der Waals surface area contributed by atoms with Crippen LogP contribution in [-0.4, -0.2) is 21.6 Å². The second-order valence-electron chi connectivity index (χ2n) is 25.3. The second-order valence-corrected chi connectivity index (χ2v) is 27.1. The minimum absolute atomic E-state index is 0.133. The van der Waals surface area contributed by atoms with Crippen LogP contribution in [0.4, 0.5) is 0 Å². The van der Waals surface area contributed by atoms with Gasteiger partial charge in [-0.3, -0.25) is 19.4 Å². The number of hydrogen-bond acceptors (Lipinski definition) is 2. The molecule has 0 bridgehead atoms. The number of rotatable bonds is 31. The van der Waals surface area contributed by atoms with Crippen LogP contribution in [-0.2, 0) is 27.8 Å². The molecule has 442 valence electrons. The highest BCUT2D eigenvalue weighted by Crippen LogP contribution is 2.60. The van der Waals surface area contributed by atoms with Gasteiger partial charge < -0.3 is 0 Å². The molecule has 4 heterocycles. The summed E-state index contributed by atoms with van der Waals surface area (Å²) < 4.78 is 2.22. The van der Waals surface area contributed by atoms with Gasteiger partial charge in [-0.2, -0.15) is 0 Å². The molecule has 0 aromatic heterocycles. The Morgan fingerprint density at radius 1 is 0.353 bits per heavy atom. The molecule has 0 N–H and O–H groups in total. The van der Waals surface area contributed by atoms with Crippen LogP contribution < -0.4 is 0 Å². The topological polar surface area (TPSA) is 40.6 Å². The summed E-state index contributed by atoms with van der Waals surface area (Å²) in [4.78, 5) is 36.0. The van der Waals surface area contributed by atoms with E-state index in [-0.39, 0.29) is 17.2 Å². The standard InChI is InChI=1S/C79H90Br2N2O2/c1-5-9-13-17-21-27-39-57-47-59(80)41-43-61(57)63-50-64-67(48-58(63)40-28-22-18-14-10-6-2)75-73-74(78(85)82(75)53-69(64)55-35-29-25-30-36-55)76-68-52-72-66(51-65(68)70(54-83(76)77(73)84)56-37-31-26-32-38-56)62-44-42-60(81)49-71(62)79(72,45-33-23-19-15-11-7-3)46-34-24-20-16-12-8-4/h25-26,29-32,35-38,41-44,47-54H,5-24,27-28,33-34,39-40,45-46H2,1-4H3. The third-order valence-electron chi connectivity index (χ3n) is 19.4. The zero-order valence-electron chi connectivity index (χ0n) is 51.5. The first-order valence-electron chi connectivity index (χ1n) is 33.4. The van der Waals surface area contributed by atoms with Gasteiger partial charge in [0.1, 0.15) is 0 Å². The Hall–Kier alpha value is -5.82. The molecule has 0 unspecified atom stereocenters. The Balaban J connectivity index is 1.11. The summed E-state index contributed by atoms with van der Waals surface area (Å²) in [6.45, 7) is 9.18. The van der Waals surface area contributed by atoms with Crippen molar-refractivity contribution in [3.05, 3.63) is 209 Å². The molecule has 0 spiro atoms. The first kappa shape index (κ1) is 60.9. The van der Waals surface area contributed by atoms with Crippen LogP contribution in [0.1, 0.15) is 250 Å². The maximum absolute atomic E-state index is 16.1. The number of nitrogens with zero attached hydrogens (tertiary/aromatic N) is 2. The van der Waals surface area contributed by atoms with Crippen molar-refractivity contribution >= 4 is 66.2 Å². The zero-order chi connectivity index (χ0) is 58.9. The van der Waals surface area contributed by atoms with Crippen molar-refractivity contribution in [1.29, 1.82) is 0 Å². The van der Waals surface area contributed by atoms with E-state index in [4.69, 9.17) is 0 Å². The average molecular weight is 1260 g/mol. The summed E-state index contributed by atoms with van der Waals surface area (Å²) in [7, 11) is 0. The molecule has 85 heavy (non-hydrogen) atoms. The second kappa shape index (κ2) is 28.3. The molecule has 2 amide bonds. The maximum atomic E-state index is 16.1. The minimum atomic E-state index is -0.218. The molecular formula is C79H90Br2N2O2. The SMILES string of the molecule is CCCCCCCCc1cc(Br)ccc1-c1cc2c(cc1CCCCCCCC)C1=C3C(=O)N4C=C(c5ccccc5)c5cc6c(cc5C4=C3C(=O)N1C=C2c1ccccc1)C(CCCCCCCC)(CCCCCCCC)c1cc(Br)ccc1-6. The van der Waals surface area contributed by atoms with Gasteiger partial charge in [0.25, 0.3) is 11.8 Å². The highest BCUT2D eigenvalue weighted by molar-refractivity contribution is 9.10. The van der Waals surface area contributed by atoms with Crippen LogP contribution >= 0.6 is 31.9 Å². The molecule has 6 aromatic rings. The van der Waals surface area contributed by atoms with Crippen LogP contribution in [0.25, 0.3) is 44.8 Å². The number of carbonyl (C=O) groups is 2. The lowest BCUT2D eigenvalue weighted by atomic mass is 9.70. The number of hydrogen-bond donors (Lipinski definition) is 0. The van der Waals surface area contributed by atoms with Crippen LogP contribution in [0.2, 0.25) is 0 Å². The molecule has 0 fully saturated rings. The van der Waals surface area contributed by atoms with E-state index in [1.165, 1.54) is 173 Å². The Bertz CT molecular complexity index is 3510. The third-order valence-corrected chi connectivity index (χ3v) is 20.4. The molecule has 6 heteroatoms. The van der Waals surface area contributed by atoms with Crippen molar-refractivity contribution in [2.75, 3.05) is 0 Å². The van der Waals surface area contributed by atoms with Gasteiger partial charge in [-0.25, -0.2) is 0 Å². The molecule has 11 rings (SSSR count). The van der Waals surface area contributed by atoms with Gasteiger partial charge in [0.05, 0.1) is 22.5 Å². The van der Waals surface area contributed by atoms with E-state index in [1.54, 1.807) is 0 Å². The fourth-order valence-corrected chi connectivity index (χ4v) is 15.7. The van der Waals surface area contributed by atoms with E-state index in [0.29, 0.717) is 11.1 Å². The first-order valence-corrected chi connectivity index (χ1v) is 35.0. The molecular weight excluding hydrogens is 1170 g/mol. The Morgan fingerprint density at radius 3 is 1.25 bits per heavy atom. The Kier molecular flexibility index (Phi) is 20.3. The van der Waals surface area contributed by atoms with Crippen molar-refractivity contribution in [3.63, 3.8) is 0 Å². The van der Waals surface area contributed by atoms with Crippen molar-refractivity contribution in [2.24, 2.45) is 0 Å². The number of amides is 2. The molecule has 0 saturated heterocycles.